The maximum atomic E-state index is 15.4. The van der Waals surface area contributed by atoms with Gasteiger partial charge in [0.05, 0.1) is 60.8 Å². The molecule has 0 bridgehead atoms. The van der Waals surface area contributed by atoms with Crippen LogP contribution >= 0.6 is 0 Å². The summed E-state index contributed by atoms with van der Waals surface area (Å²) >= 11 is 0. The molecule has 2 aromatic heterocycles. The van der Waals surface area contributed by atoms with E-state index in [0.717, 1.165) is 16.0 Å². The Hall–Kier alpha value is -8.18. The molecule has 2 aromatic carbocycles. The fourth-order valence-corrected chi connectivity index (χ4v) is 10.7. The normalized spacial score (nSPS) is 19.9. The minimum Gasteiger partial charge on any atom is -0.458 e. The van der Waals surface area contributed by atoms with Crippen LogP contribution in [0.15, 0.2) is 59.4 Å². The van der Waals surface area contributed by atoms with Gasteiger partial charge in [0.25, 0.3) is 17.4 Å². The maximum Gasteiger partial charge on any atom is 0.343 e. The molecular formula is C55H60FN9O13. The monoisotopic (exact) mass is 1070 g/mol. The molecule has 2 aliphatic carbocycles. The Morgan fingerprint density at radius 1 is 0.872 bits per heavy atom. The molecule has 8 amide bonds. The van der Waals surface area contributed by atoms with Crippen LogP contribution in [-0.4, -0.2) is 118 Å². The van der Waals surface area contributed by atoms with E-state index < -0.39 is 90.1 Å². The van der Waals surface area contributed by atoms with Crippen molar-refractivity contribution in [2.24, 2.45) is 5.92 Å². The Balaban J connectivity index is 0.725. The number of hydrogen-bond donors (Lipinski definition) is 7. The van der Waals surface area contributed by atoms with Gasteiger partial charge in [-0.3, -0.25) is 48.1 Å². The third-order valence-electron chi connectivity index (χ3n) is 15.2. The fourth-order valence-electron chi connectivity index (χ4n) is 10.7. The third kappa shape index (κ3) is 11.4. The number of ether oxygens (including phenoxy) is 2. The molecule has 410 valence electrons. The smallest absolute Gasteiger partial charge is 0.343 e. The molecule has 3 aliphatic heterocycles. The molecule has 0 radical (unpaired) electrons. The number of nitrogens with one attached hydrogen (secondary N) is 6. The first-order chi connectivity index (χ1) is 37.4. The molecule has 5 aliphatic rings. The molecule has 78 heavy (non-hydrogen) atoms. The highest BCUT2D eigenvalue weighted by Gasteiger charge is 2.46. The number of aryl methyl sites for hydroxylation is 1. The van der Waals surface area contributed by atoms with Crippen LogP contribution in [0.25, 0.3) is 22.3 Å². The van der Waals surface area contributed by atoms with E-state index >= 15 is 4.39 Å². The number of unbranched alkanes of at least 4 members (excludes halogenated alkanes) is 2. The number of carbonyl (C=O) groups excluding carboxylic acids is 9. The lowest BCUT2D eigenvalue weighted by atomic mass is 9.79. The molecule has 22 nitrogen and oxygen atoms in total. The van der Waals surface area contributed by atoms with Gasteiger partial charge in [0.15, 0.2) is 5.60 Å². The van der Waals surface area contributed by atoms with Gasteiger partial charge in [-0.2, -0.15) is 0 Å². The summed E-state index contributed by atoms with van der Waals surface area (Å²) in [6.45, 7) is 1.82. The molecule has 23 heteroatoms. The van der Waals surface area contributed by atoms with Gasteiger partial charge in [-0.1, -0.05) is 43.7 Å². The summed E-state index contributed by atoms with van der Waals surface area (Å²) in [5.41, 5.74) is 2.35. The number of nitrogens with zero attached hydrogens (tertiary/aromatic N) is 3. The van der Waals surface area contributed by atoms with Crippen molar-refractivity contribution >= 4 is 64.1 Å². The molecule has 7 N–H and O–H groups in total. The molecule has 1 fully saturated rings. The Bertz CT molecular complexity index is 3210. The Kier molecular flexibility index (Phi) is 16.2. The predicted molar refractivity (Wildman–Crippen MR) is 274 cm³/mol. The summed E-state index contributed by atoms with van der Waals surface area (Å²) in [5.74, 6) is -5.64. The van der Waals surface area contributed by atoms with Crippen LogP contribution in [-0.2, 0) is 84.2 Å². The Labute approximate surface area is 446 Å². The molecule has 0 saturated heterocycles. The van der Waals surface area contributed by atoms with E-state index in [2.05, 4.69) is 31.9 Å². The molecule has 9 rings (SSSR count). The second kappa shape index (κ2) is 23.2. The van der Waals surface area contributed by atoms with Gasteiger partial charge in [-0.25, -0.2) is 14.2 Å². The molecule has 4 aromatic rings. The summed E-state index contributed by atoms with van der Waals surface area (Å²) < 4.78 is 28.0. The summed E-state index contributed by atoms with van der Waals surface area (Å²) in [5, 5.41) is 27.9. The van der Waals surface area contributed by atoms with E-state index in [4.69, 9.17) is 14.5 Å². The first kappa shape index (κ1) is 54.6. The van der Waals surface area contributed by atoms with Gasteiger partial charge in [0.2, 0.25) is 35.4 Å². The second-order valence-corrected chi connectivity index (χ2v) is 20.2. The molecule has 0 unspecified atom stereocenters. The summed E-state index contributed by atoms with van der Waals surface area (Å²) in [6, 6.07) is 10.1. The first-order valence-electron chi connectivity index (χ1n) is 26.1. The standard InChI is InChI=1S/C55H60FN9O13/c1-3-55(76)36-21-41-50-34(26-65(41)53(74)35(36)27-77-54(55)75)49-38(14-13-33-29(2)37(56)22-39(62-50)48(33)49)63-51(72)31-19-32(20-31)78-28-60-44(68)24-59-52(73)40(18-30-10-6-4-7-11-30)61-45(69)25-58-43(67)23-57-42(66)12-8-5-9-17-64-46(70)15-16-47(64)71/h4,6-7,10-11,15-16,21-22,31-32,38,40,76H,3,5,8-9,12-14,17-20,23-28H2,1-2H3,(H,57,66)(H,58,67)(H,59,73)(H,60,68)(H,61,69)(H,63,72)/t31-,32+,38-,40-,55-/m0/s1. The average molecular weight is 1070 g/mol. The van der Waals surface area contributed by atoms with Crippen molar-refractivity contribution in [1.29, 1.82) is 0 Å². The van der Waals surface area contributed by atoms with Crippen molar-refractivity contribution in [3.05, 3.63) is 110 Å². The van der Waals surface area contributed by atoms with Crippen LogP contribution < -0.4 is 37.5 Å². The van der Waals surface area contributed by atoms with Gasteiger partial charge >= 0.3 is 5.97 Å². The zero-order valence-corrected chi connectivity index (χ0v) is 43.1. The number of pyridine rings is 2. The molecule has 1 saturated carbocycles. The number of benzene rings is 2. The third-order valence-corrected chi connectivity index (χ3v) is 15.2. The van der Waals surface area contributed by atoms with Crippen LogP contribution in [0.3, 0.4) is 0 Å². The second-order valence-electron chi connectivity index (χ2n) is 20.2. The number of cyclic esters (lactones) is 1. The minimum atomic E-state index is -2.03. The van der Waals surface area contributed by atoms with Crippen LogP contribution in [0, 0.1) is 18.7 Å². The lowest BCUT2D eigenvalue weighted by molar-refractivity contribution is -0.172. The van der Waals surface area contributed by atoms with Crippen molar-refractivity contribution in [3.8, 4) is 11.4 Å². The maximum absolute atomic E-state index is 15.4. The quantitative estimate of drug-likeness (QED) is 0.0221. The van der Waals surface area contributed by atoms with Gasteiger partial charge in [0.1, 0.15) is 25.2 Å². The van der Waals surface area contributed by atoms with E-state index in [-0.39, 0.29) is 80.6 Å². The van der Waals surface area contributed by atoms with E-state index in [1.54, 1.807) is 50.2 Å². The average Bonchev–Trinajstić information content (AvgIpc) is 4.16. The molecular weight excluding hydrogens is 1010 g/mol. The van der Waals surface area contributed by atoms with E-state index in [0.29, 0.717) is 83.9 Å². The largest absolute Gasteiger partial charge is 0.458 e. The predicted octanol–water partition coefficient (Wildman–Crippen LogP) is 1.06. The SMILES string of the molecule is CC[C@@]1(O)C(=O)OCc2c1cc1n(c2=O)Cc2c-1nc1cc(F)c(C)c3c1c2[C@@H](NC(=O)[C@H]1C[C@@H](OCNC(=O)CNC(=O)[C@H](Cc2ccccc2)NC(=O)CNC(=O)CNC(=O)CCCCCN2C(=O)C=CC2=O)C1)CC3. The number of halogens is 1. The number of carbonyl (C=O) groups is 9. The van der Waals surface area contributed by atoms with Crippen molar-refractivity contribution in [2.45, 2.75) is 115 Å². The number of amides is 8. The number of rotatable bonds is 22. The number of aliphatic hydroxyl groups is 1. The Morgan fingerprint density at radius 3 is 2.32 bits per heavy atom. The molecule has 0 spiro atoms. The van der Waals surface area contributed by atoms with Gasteiger partial charge in [-0.15, -0.1) is 0 Å². The lowest BCUT2D eigenvalue weighted by Crippen LogP contribution is -2.52. The number of hydrogen-bond acceptors (Lipinski definition) is 14. The Morgan fingerprint density at radius 2 is 1.58 bits per heavy atom. The number of esters is 1. The fraction of sp³-hybridized carbons (Fsp3) is 0.436. The van der Waals surface area contributed by atoms with Crippen LogP contribution in [0.1, 0.15) is 103 Å². The highest BCUT2D eigenvalue weighted by Crippen LogP contribution is 2.46. The number of imide groups is 1. The van der Waals surface area contributed by atoms with E-state index in [1.165, 1.54) is 22.8 Å². The minimum absolute atomic E-state index is 0.0312. The lowest BCUT2D eigenvalue weighted by Gasteiger charge is -2.36. The number of aromatic nitrogens is 2. The molecule has 3 atom stereocenters. The van der Waals surface area contributed by atoms with Crippen molar-refractivity contribution < 1.29 is 62.1 Å². The van der Waals surface area contributed by atoms with Crippen LogP contribution in [0.4, 0.5) is 4.39 Å². The summed E-state index contributed by atoms with van der Waals surface area (Å²) in [6.07, 6.45) is 5.40. The van der Waals surface area contributed by atoms with E-state index in [9.17, 15) is 53.1 Å². The van der Waals surface area contributed by atoms with Crippen molar-refractivity contribution in [1.82, 2.24) is 46.4 Å². The first-order valence-corrected chi connectivity index (χ1v) is 26.1. The van der Waals surface area contributed by atoms with Gasteiger partial charge in [0, 0.05) is 60.0 Å². The van der Waals surface area contributed by atoms with Gasteiger partial charge in [-0.05, 0) is 80.2 Å². The zero-order chi connectivity index (χ0) is 55.4. The van der Waals surface area contributed by atoms with Crippen LogP contribution in [0.5, 0.6) is 0 Å². The topological polar surface area (TPSA) is 303 Å². The van der Waals surface area contributed by atoms with Gasteiger partial charge < -0.3 is 51.0 Å². The zero-order valence-electron chi connectivity index (χ0n) is 43.1. The highest BCUT2D eigenvalue weighted by molar-refractivity contribution is 6.12. The number of fused-ring (bicyclic) bond motifs is 5. The van der Waals surface area contributed by atoms with Crippen molar-refractivity contribution in [3.63, 3.8) is 0 Å². The van der Waals surface area contributed by atoms with E-state index in [1.807, 2.05) is 0 Å². The van der Waals surface area contributed by atoms with Crippen molar-refractivity contribution in [2.75, 3.05) is 32.9 Å². The molecule has 5 heterocycles. The highest BCUT2D eigenvalue weighted by atomic mass is 19.1. The summed E-state index contributed by atoms with van der Waals surface area (Å²) in [7, 11) is 0. The summed E-state index contributed by atoms with van der Waals surface area (Å²) in [4.78, 5) is 134. The van der Waals surface area contributed by atoms with Crippen LogP contribution in [0.2, 0.25) is 0 Å².